The molecule has 0 rings (SSSR count). The van der Waals surface area contributed by atoms with Crippen molar-refractivity contribution in [2.45, 2.75) is 46.4 Å². The number of rotatable bonds is 4. The summed E-state index contributed by atoms with van der Waals surface area (Å²) >= 11 is 0. The van der Waals surface area contributed by atoms with E-state index in [0.29, 0.717) is 5.41 Å². The summed E-state index contributed by atoms with van der Waals surface area (Å²) in [6.07, 6.45) is 5.38. The van der Waals surface area contributed by atoms with E-state index in [4.69, 9.17) is 0 Å². The second-order valence-corrected chi connectivity index (χ2v) is 3.27. The summed E-state index contributed by atoms with van der Waals surface area (Å²) in [5.74, 6) is 0. The lowest BCUT2D eigenvalue weighted by Crippen LogP contribution is -2.12. The topological polar surface area (TPSA) is 0 Å². The summed E-state index contributed by atoms with van der Waals surface area (Å²) in [6.45, 7) is 6.97. The van der Waals surface area contributed by atoms with Crippen molar-refractivity contribution in [2.24, 2.45) is 5.41 Å². The summed E-state index contributed by atoms with van der Waals surface area (Å²) < 4.78 is 0. The predicted molar refractivity (Wildman–Crippen MR) is 46.7 cm³/mol. The molecule has 0 aromatic heterocycles. The summed E-state index contributed by atoms with van der Waals surface area (Å²) in [6, 6.07) is 0. The molecule has 0 aliphatic rings. The van der Waals surface area contributed by atoms with Gasteiger partial charge in [0.15, 0.2) is 0 Å². The van der Waals surface area contributed by atoms with Gasteiger partial charge in [0.05, 0.1) is 0 Å². The zero-order valence-corrected chi connectivity index (χ0v) is 7.33. The van der Waals surface area contributed by atoms with Gasteiger partial charge < -0.3 is 0 Å². The fourth-order valence-corrected chi connectivity index (χ4v) is 1.21. The fourth-order valence-electron chi connectivity index (χ4n) is 1.21. The van der Waals surface area contributed by atoms with E-state index in [9.17, 15) is 0 Å². The van der Waals surface area contributed by atoms with Gasteiger partial charge in [-0.15, -0.1) is 0 Å². The van der Waals surface area contributed by atoms with Crippen LogP contribution in [0.15, 0.2) is 0 Å². The molecule has 54 valence electrons. The van der Waals surface area contributed by atoms with E-state index in [1.165, 1.54) is 25.6 Å². The number of hydrogen-bond donors (Lipinski definition) is 0. The zero-order valence-electron chi connectivity index (χ0n) is 7.33. The molecule has 0 aliphatic carbocycles. The van der Waals surface area contributed by atoms with Gasteiger partial charge >= 0.3 is 0 Å². The van der Waals surface area contributed by atoms with E-state index in [1.807, 2.05) is 0 Å². The average Bonchev–Trinajstić information content (AvgIpc) is 1.89. The van der Waals surface area contributed by atoms with Crippen LogP contribution in [0.25, 0.3) is 0 Å². The van der Waals surface area contributed by atoms with Crippen LogP contribution < -0.4 is 0 Å². The van der Waals surface area contributed by atoms with Crippen molar-refractivity contribution in [3.8, 4) is 0 Å². The van der Waals surface area contributed by atoms with Crippen LogP contribution in [0.1, 0.15) is 40.0 Å². The van der Waals surface area contributed by atoms with Gasteiger partial charge in [0.25, 0.3) is 0 Å². The van der Waals surface area contributed by atoms with Crippen molar-refractivity contribution >= 4 is 7.85 Å². The van der Waals surface area contributed by atoms with Crippen molar-refractivity contribution in [3.05, 3.63) is 0 Å². The molecule has 0 saturated heterocycles. The van der Waals surface area contributed by atoms with Crippen LogP contribution in [0, 0.1) is 5.41 Å². The largest absolute Gasteiger partial charge is 0.101 e. The normalized spacial score (nSPS) is 11.9. The molecule has 0 unspecified atom stereocenters. The van der Waals surface area contributed by atoms with E-state index < -0.39 is 0 Å². The second-order valence-electron chi connectivity index (χ2n) is 3.27. The molecule has 0 radical (unpaired) electrons. The molecule has 0 saturated carbocycles. The Labute approximate surface area is 60.4 Å². The Kier molecular flexibility index (Phi) is 4.00. The second kappa shape index (κ2) is 3.97. The van der Waals surface area contributed by atoms with Crippen molar-refractivity contribution in [1.29, 1.82) is 0 Å². The van der Waals surface area contributed by atoms with Crippen molar-refractivity contribution in [2.75, 3.05) is 0 Å². The van der Waals surface area contributed by atoms with Crippen LogP contribution >= 0.6 is 0 Å². The summed E-state index contributed by atoms with van der Waals surface area (Å²) in [7, 11) is 2.27. The van der Waals surface area contributed by atoms with Gasteiger partial charge in [0, 0.05) is 0 Å². The van der Waals surface area contributed by atoms with Crippen LogP contribution in [0.3, 0.4) is 0 Å². The molecule has 1 heteroatoms. The third-order valence-corrected chi connectivity index (χ3v) is 2.56. The maximum absolute atomic E-state index is 2.39. The quantitative estimate of drug-likeness (QED) is 0.507. The first-order valence-electron chi connectivity index (χ1n) is 4.18. The molecule has 0 aliphatic heterocycles. The Morgan fingerprint density at radius 2 is 1.67 bits per heavy atom. The molecule has 0 spiro atoms. The first kappa shape index (κ1) is 9.06. The van der Waals surface area contributed by atoms with Crippen LogP contribution in [-0.2, 0) is 0 Å². The Morgan fingerprint density at radius 1 is 1.22 bits per heavy atom. The SMILES string of the molecule is BCCC(C)(CC)CC. The highest BCUT2D eigenvalue weighted by Gasteiger charge is 2.16. The summed E-state index contributed by atoms with van der Waals surface area (Å²) in [5.41, 5.74) is 0.634. The van der Waals surface area contributed by atoms with Crippen LogP contribution in [0.5, 0.6) is 0 Å². The van der Waals surface area contributed by atoms with E-state index >= 15 is 0 Å². The van der Waals surface area contributed by atoms with Crippen molar-refractivity contribution < 1.29 is 0 Å². The minimum atomic E-state index is 0.634. The molecule has 9 heavy (non-hydrogen) atoms. The van der Waals surface area contributed by atoms with Crippen LogP contribution in [0.2, 0.25) is 6.32 Å². The van der Waals surface area contributed by atoms with Gasteiger partial charge in [-0.1, -0.05) is 46.4 Å². The third-order valence-electron chi connectivity index (χ3n) is 2.56. The van der Waals surface area contributed by atoms with Crippen LogP contribution in [-0.4, -0.2) is 7.85 Å². The molecule has 0 bridgehead atoms. The molecule has 0 aromatic rings. The summed E-state index contributed by atoms with van der Waals surface area (Å²) in [5, 5.41) is 0. The maximum atomic E-state index is 2.39. The Hall–Kier alpha value is 0.0649. The third kappa shape index (κ3) is 2.93. The molecule has 0 amide bonds. The van der Waals surface area contributed by atoms with Crippen molar-refractivity contribution in [1.82, 2.24) is 0 Å². The van der Waals surface area contributed by atoms with Gasteiger partial charge in [-0.05, 0) is 5.41 Å². The summed E-state index contributed by atoms with van der Waals surface area (Å²) in [4.78, 5) is 0. The van der Waals surface area contributed by atoms with Gasteiger partial charge in [0.1, 0.15) is 7.85 Å². The van der Waals surface area contributed by atoms with Crippen LogP contribution in [0.4, 0.5) is 0 Å². The Bertz CT molecular complexity index is 65.0. The molecular weight excluding hydrogens is 107 g/mol. The maximum Gasteiger partial charge on any atom is 0.101 e. The Balaban J connectivity index is 3.62. The van der Waals surface area contributed by atoms with Crippen molar-refractivity contribution in [3.63, 3.8) is 0 Å². The zero-order chi connectivity index (χ0) is 7.33. The minimum Gasteiger partial charge on any atom is -0.0805 e. The molecule has 0 nitrogen and oxygen atoms in total. The van der Waals surface area contributed by atoms with Gasteiger partial charge in [-0.3, -0.25) is 0 Å². The van der Waals surface area contributed by atoms with E-state index in [0.717, 1.165) is 0 Å². The first-order valence-corrected chi connectivity index (χ1v) is 4.18. The van der Waals surface area contributed by atoms with Gasteiger partial charge in [-0.25, -0.2) is 0 Å². The average molecular weight is 126 g/mol. The van der Waals surface area contributed by atoms with E-state index in [1.54, 1.807) is 0 Å². The lowest BCUT2D eigenvalue weighted by molar-refractivity contribution is 0.286. The predicted octanol–water partition coefficient (Wildman–Crippen LogP) is 2.25. The molecule has 0 fully saturated rings. The molecular formula is C8H19B. The highest BCUT2D eigenvalue weighted by Crippen LogP contribution is 2.30. The van der Waals surface area contributed by atoms with E-state index in [2.05, 4.69) is 28.6 Å². The van der Waals surface area contributed by atoms with Gasteiger partial charge in [-0.2, -0.15) is 0 Å². The Morgan fingerprint density at radius 3 is 1.78 bits per heavy atom. The highest BCUT2D eigenvalue weighted by molar-refractivity contribution is 6.08. The number of hydrogen-bond acceptors (Lipinski definition) is 0. The van der Waals surface area contributed by atoms with Gasteiger partial charge in [0.2, 0.25) is 0 Å². The molecule has 0 N–H and O–H groups in total. The highest BCUT2D eigenvalue weighted by atomic mass is 14.2. The molecule has 0 aromatic carbocycles. The standard InChI is InChI=1S/C8H19B/c1-4-8(3,5-2)6-7-9/h4-7,9H2,1-3H3. The monoisotopic (exact) mass is 126 g/mol. The lowest BCUT2D eigenvalue weighted by atomic mass is 9.77. The lowest BCUT2D eigenvalue weighted by Gasteiger charge is -2.25. The smallest absolute Gasteiger partial charge is 0.0805 e. The fraction of sp³-hybridized carbons (Fsp3) is 1.00. The van der Waals surface area contributed by atoms with E-state index in [-0.39, 0.29) is 0 Å². The molecule has 0 atom stereocenters. The minimum absolute atomic E-state index is 0.634. The molecule has 0 heterocycles. The first-order chi connectivity index (χ1) is 4.18.